The van der Waals surface area contributed by atoms with E-state index in [2.05, 4.69) is 23.5 Å². The predicted molar refractivity (Wildman–Crippen MR) is 74.2 cm³/mol. The number of aliphatic imine (C=N–C) groups is 1. The Morgan fingerprint density at radius 3 is 3.13 bits per heavy atom. The Bertz CT molecular complexity index is 195. The van der Waals surface area contributed by atoms with Gasteiger partial charge < -0.3 is 5.32 Å². The number of thioether (sulfide) groups is 2. The Labute approximate surface area is 102 Å². The van der Waals surface area contributed by atoms with Crippen molar-refractivity contribution >= 4 is 28.7 Å². The van der Waals surface area contributed by atoms with Gasteiger partial charge >= 0.3 is 0 Å². The van der Waals surface area contributed by atoms with E-state index in [0.29, 0.717) is 0 Å². The molecule has 0 spiro atoms. The van der Waals surface area contributed by atoms with Crippen LogP contribution in [0.25, 0.3) is 0 Å². The molecule has 0 saturated heterocycles. The van der Waals surface area contributed by atoms with E-state index in [9.17, 15) is 0 Å². The summed E-state index contributed by atoms with van der Waals surface area (Å²) in [4.78, 5) is 4.52. The van der Waals surface area contributed by atoms with Crippen LogP contribution in [0.1, 0.15) is 32.6 Å². The monoisotopic (exact) mass is 246 g/mol. The van der Waals surface area contributed by atoms with Crippen LogP contribution in [0.4, 0.5) is 0 Å². The Morgan fingerprint density at radius 2 is 2.40 bits per heavy atom. The number of nitrogens with one attached hydrogen (secondary N) is 1. The Hall–Kier alpha value is 0.170. The van der Waals surface area contributed by atoms with Crippen LogP contribution in [0.2, 0.25) is 0 Å². The first-order valence-electron chi connectivity index (χ1n) is 5.80. The lowest BCUT2D eigenvalue weighted by atomic mass is 10.2. The molecule has 1 rings (SSSR count). The zero-order valence-electron chi connectivity index (χ0n) is 9.79. The minimum absolute atomic E-state index is 0.740. The van der Waals surface area contributed by atoms with Crippen LogP contribution < -0.4 is 5.32 Å². The lowest BCUT2D eigenvalue weighted by Gasteiger charge is -2.07. The Morgan fingerprint density at radius 1 is 1.53 bits per heavy atom. The summed E-state index contributed by atoms with van der Waals surface area (Å²) in [6.07, 6.45) is 7.31. The number of nitrogens with zero attached hydrogens (tertiary/aromatic N) is 1. The minimum Gasteiger partial charge on any atom is -0.365 e. The van der Waals surface area contributed by atoms with Crippen LogP contribution in [0, 0.1) is 0 Å². The van der Waals surface area contributed by atoms with E-state index < -0.39 is 0 Å². The summed E-state index contributed by atoms with van der Waals surface area (Å²) >= 11 is 3.86. The SMILES string of the molecule is CCCC1CN=C(NCCCCSC)S1. The summed E-state index contributed by atoms with van der Waals surface area (Å²) in [5.74, 6) is 1.28. The summed E-state index contributed by atoms with van der Waals surface area (Å²) in [5.41, 5.74) is 0. The summed E-state index contributed by atoms with van der Waals surface area (Å²) in [5, 5.41) is 5.35. The second-order valence-electron chi connectivity index (χ2n) is 3.80. The van der Waals surface area contributed by atoms with E-state index in [-0.39, 0.29) is 0 Å². The molecule has 1 unspecified atom stereocenters. The lowest BCUT2D eigenvalue weighted by molar-refractivity contribution is 0.749. The number of unbranched alkanes of at least 4 members (excludes halogenated alkanes) is 1. The summed E-state index contributed by atoms with van der Waals surface area (Å²) in [6.45, 7) is 4.35. The number of hydrogen-bond donors (Lipinski definition) is 1. The van der Waals surface area contributed by atoms with E-state index in [1.54, 1.807) is 0 Å². The molecule has 0 aliphatic carbocycles. The van der Waals surface area contributed by atoms with Gasteiger partial charge in [0.05, 0.1) is 6.54 Å². The molecule has 1 aliphatic rings. The maximum absolute atomic E-state index is 4.52. The molecule has 0 aromatic heterocycles. The molecule has 0 fully saturated rings. The molecule has 15 heavy (non-hydrogen) atoms. The third-order valence-corrected chi connectivity index (χ3v) is 4.29. The van der Waals surface area contributed by atoms with Gasteiger partial charge in [-0.2, -0.15) is 11.8 Å². The second-order valence-corrected chi connectivity index (χ2v) is 6.08. The van der Waals surface area contributed by atoms with Gasteiger partial charge in [0.25, 0.3) is 0 Å². The van der Waals surface area contributed by atoms with E-state index in [0.717, 1.165) is 18.3 Å². The van der Waals surface area contributed by atoms with E-state index in [4.69, 9.17) is 0 Å². The van der Waals surface area contributed by atoms with E-state index >= 15 is 0 Å². The summed E-state index contributed by atoms with van der Waals surface area (Å²) in [6, 6.07) is 0. The number of hydrogen-bond acceptors (Lipinski definition) is 4. The molecule has 2 nitrogen and oxygen atoms in total. The van der Waals surface area contributed by atoms with Gasteiger partial charge in [0, 0.05) is 11.8 Å². The van der Waals surface area contributed by atoms with Crippen molar-refractivity contribution in [1.29, 1.82) is 0 Å². The van der Waals surface area contributed by atoms with Crippen LogP contribution in [-0.2, 0) is 0 Å². The average molecular weight is 246 g/mol. The highest BCUT2D eigenvalue weighted by atomic mass is 32.2. The lowest BCUT2D eigenvalue weighted by Crippen LogP contribution is -2.20. The van der Waals surface area contributed by atoms with Gasteiger partial charge in [-0.05, 0) is 31.3 Å². The van der Waals surface area contributed by atoms with Gasteiger partial charge in [-0.15, -0.1) is 0 Å². The molecule has 0 aromatic carbocycles. The van der Waals surface area contributed by atoms with E-state index in [1.165, 1.54) is 36.6 Å². The van der Waals surface area contributed by atoms with Crippen molar-refractivity contribution in [2.45, 2.75) is 37.9 Å². The van der Waals surface area contributed by atoms with Crippen molar-refractivity contribution in [3.8, 4) is 0 Å². The smallest absolute Gasteiger partial charge is 0.156 e. The van der Waals surface area contributed by atoms with Gasteiger partial charge in [0.1, 0.15) is 0 Å². The minimum atomic E-state index is 0.740. The molecular weight excluding hydrogens is 224 g/mol. The molecule has 0 aromatic rings. The van der Waals surface area contributed by atoms with Crippen molar-refractivity contribution < 1.29 is 0 Å². The van der Waals surface area contributed by atoms with Crippen molar-refractivity contribution in [3.05, 3.63) is 0 Å². The molecular formula is C11H22N2S2. The molecule has 1 N–H and O–H groups in total. The van der Waals surface area contributed by atoms with Crippen LogP contribution in [0.5, 0.6) is 0 Å². The highest BCUT2D eigenvalue weighted by Crippen LogP contribution is 2.23. The Kier molecular flexibility index (Phi) is 7.36. The van der Waals surface area contributed by atoms with Crippen LogP contribution >= 0.6 is 23.5 Å². The highest BCUT2D eigenvalue weighted by molar-refractivity contribution is 8.14. The molecule has 1 aliphatic heterocycles. The van der Waals surface area contributed by atoms with Gasteiger partial charge in [-0.25, -0.2) is 0 Å². The molecule has 4 heteroatoms. The first-order chi connectivity index (χ1) is 7.36. The molecule has 0 bridgehead atoms. The van der Waals surface area contributed by atoms with Crippen molar-refractivity contribution in [2.24, 2.45) is 4.99 Å². The number of rotatable bonds is 7. The Balaban J connectivity index is 1.98. The van der Waals surface area contributed by atoms with Gasteiger partial charge in [-0.3, -0.25) is 4.99 Å². The van der Waals surface area contributed by atoms with Crippen molar-refractivity contribution in [3.63, 3.8) is 0 Å². The molecule has 0 saturated carbocycles. The summed E-state index contributed by atoms with van der Waals surface area (Å²) < 4.78 is 0. The highest BCUT2D eigenvalue weighted by Gasteiger charge is 2.17. The average Bonchev–Trinajstić information content (AvgIpc) is 2.66. The molecule has 1 heterocycles. The van der Waals surface area contributed by atoms with Crippen LogP contribution in [-0.4, -0.2) is 35.5 Å². The maximum atomic E-state index is 4.52. The van der Waals surface area contributed by atoms with Crippen LogP contribution in [0.15, 0.2) is 4.99 Å². The van der Waals surface area contributed by atoms with Gasteiger partial charge in [0.2, 0.25) is 0 Å². The fourth-order valence-corrected chi connectivity index (χ4v) is 3.20. The standard InChI is InChI=1S/C11H22N2S2/c1-3-6-10-9-13-11(15-10)12-7-4-5-8-14-2/h10H,3-9H2,1-2H3,(H,12,13). The quantitative estimate of drug-likeness (QED) is 0.699. The molecule has 1 atom stereocenters. The van der Waals surface area contributed by atoms with E-state index in [1.807, 2.05) is 23.5 Å². The predicted octanol–water partition coefficient (Wildman–Crippen LogP) is 2.99. The van der Waals surface area contributed by atoms with Crippen molar-refractivity contribution in [2.75, 3.05) is 25.1 Å². The third-order valence-electron chi connectivity index (χ3n) is 2.38. The first-order valence-corrected chi connectivity index (χ1v) is 8.08. The topological polar surface area (TPSA) is 24.4 Å². The fourth-order valence-electron chi connectivity index (χ4n) is 1.55. The molecule has 0 amide bonds. The normalized spacial score (nSPS) is 20.4. The van der Waals surface area contributed by atoms with Gasteiger partial charge in [0.15, 0.2) is 5.17 Å². The largest absolute Gasteiger partial charge is 0.365 e. The zero-order chi connectivity index (χ0) is 10.9. The zero-order valence-corrected chi connectivity index (χ0v) is 11.4. The maximum Gasteiger partial charge on any atom is 0.156 e. The second kappa shape index (κ2) is 8.34. The van der Waals surface area contributed by atoms with Crippen LogP contribution in [0.3, 0.4) is 0 Å². The molecule has 0 radical (unpaired) electrons. The number of amidine groups is 1. The third kappa shape index (κ3) is 5.71. The van der Waals surface area contributed by atoms with Gasteiger partial charge in [-0.1, -0.05) is 25.1 Å². The van der Waals surface area contributed by atoms with Crippen molar-refractivity contribution in [1.82, 2.24) is 5.32 Å². The molecule has 88 valence electrons. The fraction of sp³-hybridized carbons (Fsp3) is 0.909. The first kappa shape index (κ1) is 13.2. The summed E-state index contributed by atoms with van der Waals surface area (Å²) in [7, 11) is 0.